The molecule has 0 bridgehead atoms. The Morgan fingerprint density at radius 2 is 1.68 bits per heavy atom. The van der Waals surface area contributed by atoms with Gasteiger partial charge in [0.2, 0.25) is 0 Å². The van der Waals surface area contributed by atoms with Crippen molar-refractivity contribution in [3.8, 4) is 23.0 Å². The molecule has 0 radical (unpaired) electrons. The molecule has 0 saturated heterocycles. The maximum Gasteiger partial charge on any atom is 0.172 e. The Hall–Kier alpha value is -3.65. The number of phenols is 1. The average Bonchev–Trinajstić information content (AvgIpc) is 3.07. The van der Waals surface area contributed by atoms with Crippen molar-refractivity contribution >= 4 is 33.1 Å². The number of hydrogen-bond donors (Lipinski definition) is 3. The van der Waals surface area contributed by atoms with Gasteiger partial charge in [-0.3, -0.25) is 4.79 Å². The molecule has 0 unspecified atom stereocenters. The SMILES string of the molecule is CCOc1cc([C@@H]2Nc3ccccc3NC3=C2C(=O)C[C@@H](c2ccc(OC)c(OC)c2)C3)cc(Br)c1O. The molecule has 37 heavy (non-hydrogen) atoms. The minimum absolute atomic E-state index is 0.0185. The number of fused-ring (bicyclic) bond motifs is 1. The van der Waals surface area contributed by atoms with E-state index in [-0.39, 0.29) is 17.5 Å². The molecule has 8 heteroatoms. The van der Waals surface area contributed by atoms with Gasteiger partial charge in [-0.1, -0.05) is 18.2 Å². The highest BCUT2D eigenvalue weighted by Gasteiger charge is 2.36. The van der Waals surface area contributed by atoms with Gasteiger partial charge >= 0.3 is 0 Å². The van der Waals surface area contributed by atoms with E-state index >= 15 is 0 Å². The number of allylic oxidation sites excluding steroid dienone is 1. The maximum absolute atomic E-state index is 13.9. The molecule has 0 aromatic heterocycles. The maximum atomic E-state index is 13.9. The normalized spacial score (nSPS) is 18.6. The monoisotopic (exact) mass is 564 g/mol. The Balaban J connectivity index is 1.60. The molecule has 7 nitrogen and oxygen atoms in total. The second kappa shape index (κ2) is 10.4. The number of carbonyl (C=O) groups excluding carboxylic acids is 1. The van der Waals surface area contributed by atoms with Gasteiger partial charge in [0.1, 0.15) is 0 Å². The summed E-state index contributed by atoms with van der Waals surface area (Å²) in [5, 5.41) is 17.6. The van der Waals surface area contributed by atoms with Crippen LogP contribution < -0.4 is 24.8 Å². The van der Waals surface area contributed by atoms with E-state index in [9.17, 15) is 9.90 Å². The molecule has 0 saturated carbocycles. The van der Waals surface area contributed by atoms with E-state index in [1.165, 1.54) is 0 Å². The molecule has 1 heterocycles. The van der Waals surface area contributed by atoms with Crippen LogP contribution in [-0.4, -0.2) is 31.7 Å². The van der Waals surface area contributed by atoms with Crippen LogP contribution in [0.3, 0.4) is 0 Å². The average molecular weight is 565 g/mol. The molecule has 0 spiro atoms. The van der Waals surface area contributed by atoms with Crippen molar-refractivity contribution in [1.29, 1.82) is 0 Å². The lowest BCUT2D eigenvalue weighted by Crippen LogP contribution is -2.27. The van der Waals surface area contributed by atoms with Gasteiger partial charge in [-0.15, -0.1) is 0 Å². The van der Waals surface area contributed by atoms with Crippen LogP contribution >= 0.6 is 15.9 Å². The minimum Gasteiger partial charge on any atom is -0.503 e. The van der Waals surface area contributed by atoms with Crippen LogP contribution in [0.4, 0.5) is 11.4 Å². The third-order valence-electron chi connectivity index (χ3n) is 6.87. The smallest absolute Gasteiger partial charge is 0.172 e. The van der Waals surface area contributed by atoms with Gasteiger partial charge in [0.05, 0.1) is 42.7 Å². The summed E-state index contributed by atoms with van der Waals surface area (Å²) in [4.78, 5) is 13.9. The summed E-state index contributed by atoms with van der Waals surface area (Å²) in [5.74, 6) is 1.74. The third-order valence-corrected chi connectivity index (χ3v) is 7.48. The van der Waals surface area contributed by atoms with Crippen molar-refractivity contribution in [2.45, 2.75) is 31.7 Å². The van der Waals surface area contributed by atoms with Crippen LogP contribution in [0, 0.1) is 0 Å². The Bertz CT molecular complexity index is 1390. The van der Waals surface area contributed by atoms with Crippen LogP contribution in [0.1, 0.15) is 42.9 Å². The quantitative estimate of drug-likeness (QED) is 0.312. The van der Waals surface area contributed by atoms with Gasteiger partial charge in [0.25, 0.3) is 0 Å². The predicted molar refractivity (Wildman–Crippen MR) is 147 cm³/mol. The highest BCUT2D eigenvalue weighted by molar-refractivity contribution is 9.10. The number of phenolic OH excluding ortho intramolecular Hbond substituents is 1. The Labute approximate surface area is 224 Å². The fourth-order valence-electron chi connectivity index (χ4n) is 5.11. The highest BCUT2D eigenvalue weighted by atomic mass is 79.9. The van der Waals surface area contributed by atoms with Gasteiger partial charge in [-0.25, -0.2) is 0 Å². The number of ketones is 1. The number of halogens is 1. The lowest BCUT2D eigenvalue weighted by molar-refractivity contribution is -0.116. The number of aromatic hydroxyl groups is 1. The number of ether oxygens (including phenoxy) is 3. The summed E-state index contributed by atoms with van der Waals surface area (Å²) < 4.78 is 17.1. The molecule has 2 aliphatic rings. The summed E-state index contributed by atoms with van der Waals surface area (Å²) in [6.45, 7) is 2.27. The molecule has 3 aromatic carbocycles. The van der Waals surface area contributed by atoms with Gasteiger partial charge in [-0.2, -0.15) is 0 Å². The zero-order valence-electron chi connectivity index (χ0n) is 20.9. The molecule has 0 fully saturated rings. The first-order chi connectivity index (χ1) is 17.9. The first-order valence-corrected chi connectivity index (χ1v) is 13.0. The van der Waals surface area contributed by atoms with Crippen molar-refractivity contribution < 1.29 is 24.1 Å². The molecule has 5 rings (SSSR count). The van der Waals surface area contributed by atoms with Crippen LogP contribution in [0.25, 0.3) is 0 Å². The standard InChI is InChI=1S/C29H29BrN2O5/c1-4-37-26-15-18(11-19(30)29(26)34)28-27-22(31-20-7-5-6-8-21(20)32-28)12-17(13-23(27)33)16-9-10-24(35-2)25(14-16)36-3/h5-11,14-15,17,28,31-32,34H,4,12-13H2,1-3H3/t17-,28-/m0/s1. The van der Waals surface area contributed by atoms with E-state index in [4.69, 9.17) is 14.2 Å². The number of rotatable bonds is 6. The first-order valence-electron chi connectivity index (χ1n) is 12.2. The van der Waals surface area contributed by atoms with Gasteiger partial charge in [-0.05, 0) is 82.7 Å². The van der Waals surface area contributed by atoms with Crippen molar-refractivity contribution in [2.24, 2.45) is 0 Å². The number of anilines is 2. The molecule has 192 valence electrons. The summed E-state index contributed by atoms with van der Waals surface area (Å²) in [5.41, 5.74) is 5.19. The number of Topliss-reactive ketones (excluding diaryl/α,β-unsaturated/α-hetero) is 1. The molecule has 3 aromatic rings. The fraction of sp³-hybridized carbons (Fsp3) is 0.276. The third kappa shape index (κ3) is 4.73. The zero-order chi connectivity index (χ0) is 26.1. The molecular formula is C29H29BrN2O5. The Morgan fingerprint density at radius 1 is 0.946 bits per heavy atom. The molecule has 0 amide bonds. The number of hydrogen-bond acceptors (Lipinski definition) is 7. The lowest BCUT2D eigenvalue weighted by Gasteiger charge is -2.30. The predicted octanol–water partition coefficient (Wildman–Crippen LogP) is 6.55. The molecule has 2 atom stereocenters. The second-order valence-corrected chi connectivity index (χ2v) is 9.92. The number of nitrogens with one attached hydrogen (secondary N) is 2. The van der Waals surface area contributed by atoms with Gasteiger partial charge in [0.15, 0.2) is 28.8 Å². The summed E-state index contributed by atoms with van der Waals surface area (Å²) in [6, 6.07) is 16.9. The van der Waals surface area contributed by atoms with E-state index in [0.717, 1.165) is 28.2 Å². The topological polar surface area (TPSA) is 89.1 Å². The highest BCUT2D eigenvalue weighted by Crippen LogP contribution is 2.47. The zero-order valence-corrected chi connectivity index (χ0v) is 22.5. The van der Waals surface area contributed by atoms with Crippen molar-refractivity contribution in [2.75, 3.05) is 31.5 Å². The lowest BCUT2D eigenvalue weighted by atomic mass is 9.78. The van der Waals surface area contributed by atoms with Crippen molar-refractivity contribution in [3.05, 3.63) is 81.5 Å². The van der Waals surface area contributed by atoms with Crippen LogP contribution in [-0.2, 0) is 4.79 Å². The molecule has 1 aliphatic carbocycles. The fourth-order valence-corrected chi connectivity index (χ4v) is 5.57. The summed E-state index contributed by atoms with van der Waals surface area (Å²) >= 11 is 3.46. The van der Waals surface area contributed by atoms with Crippen molar-refractivity contribution in [3.63, 3.8) is 0 Å². The summed E-state index contributed by atoms with van der Waals surface area (Å²) in [6.07, 6.45) is 1.02. The van der Waals surface area contributed by atoms with Gasteiger partial charge < -0.3 is 30.0 Å². The molecular weight excluding hydrogens is 536 g/mol. The van der Waals surface area contributed by atoms with E-state index in [1.54, 1.807) is 20.3 Å². The van der Waals surface area contributed by atoms with E-state index in [0.29, 0.717) is 46.7 Å². The molecule has 3 N–H and O–H groups in total. The summed E-state index contributed by atoms with van der Waals surface area (Å²) in [7, 11) is 3.22. The first kappa shape index (κ1) is 25.0. The number of methoxy groups -OCH3 is 2. The van der Waals surface area contributed by atoms with Crippen LogP contribution in [0.5, 0.6) is 23.0 Å². The van der Waals surface area contributed by atoms with Crippen LogP contribution in [0.2, 0.25) is 0 Å². The van der Waals surface area contributed by atoms with Gasteiger partial charge in [0, 0.05) is 17.7 Å². The van der Waals surface area contributed by atoms with E-state index in [1.807, 2.05) is 55.5 Å². The molecule has 1 aliphatic heterocycles. The van der Waals surface area contributed by atoms with E-state index in [2.05, 4.69) is 26.6 Å². The van der Waals surface area contributed by atoms with Crippen molar-refractivity contribution in [1.82, 2.24) is 0 Å². The number of para-hydroxylation sites is 2. The Kier molecular flexibility index (Phi) is 7.02. The van der Waals surface area contributed by atoms with E-state index < -0.39 is 6.04 Å². The second-order valence-electron chi connectivity index (χ2n) is 9.07. The Morgan fingerprint density at radius 3 is 2.41 bits per heavy atom. The van der Waals surface area contributed by atoms with Crippen LogP contribution in [0.15, 0.2) is 70.3 Å². The minimum atomic E-state index is -0.430. The number of carbonyl (C=O) groups is 1. The largest absolute Gasteiger partial charge is 0.503 e. The number of benzene rings is 3.